The van der Waals surface area contributed by atoms with Gasteiger partial charge in [-0.1, -0.05) is 6.07 Å². The standard InChI is InChI=1S/C18H16N2O5S2/c1-13-9-15(24-12-17(21)20-14-4-6-19-7-5-14)11-16(10-13)25-27(22,23)18-3-2-8-26-18/h2-11H,12H2,1H3,(H,19,20,21). The maximum Gasteiger partial charge on any atom is 0.348 e. The van der Waals surface area contributed by atoms with Crippen LogP contribution in [0.1, 0.15) is 5.56 Å². The lowest BCUT2D eigenvalue weighted by atomic mass is 10.2. The Bertz CT molecular complexity index is 1020. The Labute approximate surface area is 160 Å². The molecule has 2 aromatic heterocycles. The first-order valence-electron chi connectivity index (χ1n) is 7.85. The molecule has 3 aromatic rings. The van der Waals surface area contributed by atoms with Gasteiger partial charge in [0.2, 0.25) is 0 Å². The number of nitrogens with one attached hydrogen (secondary N) is 1. The van der Waals surface area contributed by atoms with Crippen molar-refractivity contribution < 1.29 is 22.1 Å². The van der Waals surface area contributed by atoms with Crippen LogP contribution in [0, 0.1) is 6.92 Å². The Morgan fingerprint density at radius 3 is 2.59 bits per heavy atom. The number of ether oxygens (including phenoxy) is 1. The number of carbonyl (C=O) groups is 1. The van der Waals surface area contributed by atoms with Gasteiger partial charge in [0.05, 0.1) is 0 Å². The molecule has 1 amide bonds. The molecule has 0 unspecified atom stereocenters. The minimum atomic E-state index is -3.90. The first-order valence-corrected chi connectivity index (χ1v) is 10.1. The van der Waals surface area contributed by atoms with Crippen LogP contribution in [0.4, 0.5) is 5.69 Å². The second kappa shape index (κ2) is 8.19. The molecule has 7 nitrogen and oxygen atoms in total. The van der Waals surface area contributed by atoms with E-state index >= 15 is 0 Å². The first-order chi connectivity index (χ1) is 12.9. The van der Waals surface area contributed by atoms with Crippen LogP contribution in [0.15, 0.2) is 64.4 Å². The van der Waals surface area contributed by atoms with Gasteiger partial charge in [-0.2, -0.15) is 8.42 Å². The van der Waals surface area contributed by atoms with Gasteiger partial charge in [0.1, 0.15) is 11.5 Å². The number of aromatic nitrogens is 1. The molecule has 9 heteroatoms. The highest BCUT2D eigenvalue weighted by molar-refractivity contribution is 7.89. The molecule has 1 aromatic carbocycles. The highest BCUT2D eigenvalue weighted by atomic mass is 32.3. The van der Waals surface area contributed by atoms with Crippen molar-refractivity contribution in [3.63, 3.8) is 0 Å². The summed E-state index contributed by atoms with van der Waals surface area (Å²) in [5.41, 5.74) is 1.34. The molecule has 27 heavy (non-hydrogen) atoms. The lowest BCUT2D eigenvalue weighted by Crippen LogP contribution is -2.20. The van der Waals surface area contributed by atoms with Gasteiger partial charge < -0.3 is 14.2 Å². The zero-order valence-corrected chi connectivity index (χ0v) is 15.9. The Morgan fingerprint density at radius 1 is 1.15 bits per heavy atom. The van der Waals surface area contributed by atoms with Gasteiger partial charge in [-0.15, -0.1) is 11.3 Å². The van der Waals surface area contributed by atoms with Gasteiger partial charge in [-0.25, -0.2) is 0 Å². The Kier molecular flexibility index (Phi) is 5.72. The van der Waals surface area contributed by atoms with E-state index in [9.17, 15) is 13.2 Å². The highest BCUT2D eigenvalue weighted by Gasteiger charge is 2.18. The van der Waals surface area contributed by atoms with Crippen molar-refractivity contribution in [3.05, 3.63) is 65.8 Å². The quantitative estimate of drug-likeness (QED) is 0.608. The van der Waals surface area contributed by atoms with E-state index in [1.54, 1.807) is 55.0 Å². The number of amides is 1. The van der Waals surface area contributed by atoms with Crippen molar-refractivity contribution in [2.75, 3.05) is 11.9 Å². The molecule has 0 atom stereocenters. The first kappa shape index (κ1) is 18.9. The molecule has 0 fully saturated rings. The van der Waals surface area contributed by atoms with Crippen LogP contribution in [-0.2, 0) is 14.9 Å². The molecule has 0 radical (unpaired) electrons. The molecule has 0 saturated heterocycles. The molecule has 0 aliphatic heterocycles. The van der Waals surface area contributed by atoms with Crippen molar-refractivity contribution in [3.8, 4) is 11.5 Å². The topological polar surface area (TPSA) is 94.6 Å². The van der Waals surface area contributed by atoms with Gasteiger partial charge in [-0.3, -0.25) is 9.78 Å². The van der Waals surface area contributed by atoms with E-state index in [1.807, 2.05) is 0 Å². The summed E-state index contributed by atoms with van der Waals surface area (Å²) in [6, 6.07) is 11.1. The van der Waals surface area contributed by atoms with Crippen LogP contribution >= 0.6 is 11.3 Å². The van der Waals surface area contributed by atoms with Gasteiger partial charge >= 0.3 is 10.1 Å². The number of benzene rings is 1. The van der Waals surface area contributed by atoms with Gasteiger partial charge in [0.25, 0.3) is 5.91 Å². The van der Waals surface area contributed by atoms with Crippen LogP contribution in [-0.4, -0.2) is 25.9 Å². The minimum Gasteiger partial charge on any atom is -0.484 e. The lowest BCUT2D eigenvalue weighted by Gasteiger charge is -2.11. The summed E-state index contributed by atoms with van der Waals surface area (Å²) in [6.45, 7) is 1.54. The van der Waals surface area contributed by atoms with Crippen molar-refractivity contribution in [1.29, 1.82) is 0 Å². The number of thiophene rings is 1. The average Bonchev–Trinajstić information content (AvgIpc) is 3.16. The van der Waals surface area contributed by atoms with Crippen molar-refractivity contribution in [2.45, 2.75) is 11.1 Å². The van der Waals surface area contributed by atoms with E-state index in [2.05, 4.69) is 10.3 Å². The largest absolute Gasteiger partial charge is 0.484 e. The van der Waals surface area contributed by atoms with Gasteiger partial charge in [0, 0.05) is 24.1 Å². The SMILES string of the molecule is Cc1cc(OCC(=O)Nc2ccncc2)cc(OS(=O)(=O)c2cccs2)c1. The minimum absolute atomic E-state index is 0.114. The molecule has 0 aliphatic carbocycles. The maximum absolute atomic E-state index is 12.2. The van der Waals surface area contributed by atoms with E-state index in [-0.39, 0.29) is 22.5 Å². The molecular formula is C18H16N2O5S2. The molecule has 0 spiro atoms. The molecule has 2 heterocycles. The van der Waals surface area contributed by atoms with Gasteiger partial charge in [0.15, 0.2) is 10.8 Å². The molecule has 140 valence electrons. The number of carbonyl (C=O) groups excluding carboxylic acids is 1. The number of aryl methyl sites for hydroxylation is 1. The summed E-state index contributed by atoms with van der Waals surface area (Å²) in [5, 5.41) is 4.32. The number of rotatable bonds is 7. The zero-order valence-electron chi connectivity index (χ0n) is 14.3. The fourth-order valence-electron chi connectivity index (χ4n) is 2.20. The summed E-state index contributed by atoms with van der Waals surface area (Å²) in [7, 11) is -3.90. The predicted octanol–water partition coefficient (Wildman–Crippen LogP) is 3.24. The third kappa shape index (κ3) is 5.28. The number of pyridine rings is 1. The van der Waals surface area contributed by atoms with Crippen LogP contribution in [0.2, 0.25) is 0 Å². The average molecular weight is 404 g/mol. The van der Waals surface area contributed by atoms with E-state index in [4.69, 9.17) is 8.92 Å². The fraction of sp³-hybridized carbons (Fsp3) is 0.111. The summed E-state index contributed by atoms with van der Waals surface area (Å²) < 4.78 is 35.2. The van der Waals surface area contributed by atoms with E-state index in [0.717, 1.165) is 16.9 Å². The molecule has 0 saturated carbocycles. The smallest absolute Gasteiger partial charge is 0.348 e. The van der Waals surface area contributed by atoms with Crippen LogP contribution < -0.4 is 14.2 Å². The van der Waals surface area contributed by atoms with E-state index < -0.39 is 10.1 Å². The molecule has 1 N–H and O–H groups in total. The van der Waals surface area contributed by atoms with Crippen LogP contribution in [0.5, 0.6) is 11.5 Å². The number of hydrogen-bond acceptors (Lipinski definition) is 7. The fourth-order valence-corrected chi connectivity index (χ4v) is 4.07. The van der Waals surface area contributed by atoms with E-state index in [0.29, 0.717) is 11.4 Å². The van der Waals surface area contributed by atoms with Crippen molar-refractivity contribution >= 4 is 33.0 Å². The monoisotopic (exact) mass is 404 g/mol. The Morgan fingerprint density at radius 2 is 1.89 bits per heavy atom. The highest BCUT2D eigenvalue weighted by Crippen LogP contribution is 2.27. The summed E-state index contributed by atoms with van der Waals surface area (Å²) >= 11 is 1.07. The summed E-state index contributed by atoms with van der Waals surface area (Å²) in [6.07, 6.45) is 3.13. The van der Waals surface area contributed by atoms with Gasteiger partial charge in [-0.05, 0) is 48.2 Å². The number of nitrogens with zero attached hydrogens (tertiary/aromatic N) is 1. The number of anilines is 1. The third-order valence-corrected chi connectivity index (χ3v) is 5.91. The third-order valence-electron chi connectivity index (χ3n) is 3.31. The Hall–Kier alpha value is -2.91. The Balaban J connectivity index is 1.66. The van der Waals surface area contributed by atoms with E-state index in [1.165, 1.54) is 12.1 Å². The second-order valence-electron chi connectivity index (χ2n) is 5.52. The second-order valence-corrected chi connectivity index (χ2v) is 8.24. The molecular weight excluding hydrogens is 388 g/mol. The molecule has 3 rings (SSSR count). The zero-order chi connectivity index (χ0) is 19.3. The van der Waals surface area contributed by atoms with Crippen molar-refractivity contribution in [2.24, 2.45) is 0 Å². The van der Waals surface area contributed by atoms with Crippen LogP contribution in [0.25, 0.3) is 0 Å². The molecule has 0 bridgehead atoms. The van der Waals surface area contributed by atoms with Crippen LogP contribution in [0.3, 0.4) is 0 Å². The van der Waals surface area contributed by atoms with Crippen molar-refractivity contribution in [1.82, 2.24) is 4.98 Å². The summed E-state index contributed by atoms with van der Waals surface area (Å²) in [5.74, 6) is 0.0978. The maximum atomic E-state index is 12.2. The predicted molar refractivity (Wildman–Crippen MR) is 102 cm³/mol. The lowest BCUT2D eigenvalue weighted by molar-refractivity contribution is -0.118. The number of hydrogen-bond donors (Lipinski definition) is 1. The molecule has 0 aliphatic rings. The normalized spacial score (nSPS) is 11.0. The summed E-state index contributed by atoms with van der Waals surface area (Å²) in [4.78, 5) is 15.8.